The molecule has 15 heavy (non-hydrogen) atoms. The summed E-state index contributed by atoms with van der Waals surface area (Å²) in [5.74, 6) is 2.25. The van der Waals surface area contributed by atoms with Crippen molar-refractivity contribution in [1.29, 1.82) is 0 Å². The van der Waals surface area contributed by atoms with Crippen molar-refractivity contribution < 1.29 is 0 Å². The van der Waals surface area contributed by atoms with Crippen molar-refractivity contribution in [3.8, 4) is 0 Å². The SMILES string of the molecule is CC1CCN(c2cnc(N)cn2)C(C)C1. The zero-order chi connectivity index (χ0) is 10.8. The van der Waals surface area contributed by atoms with Gasteiger partial charge in [-0.05, 0) is 25.7 Å². The van der Waals surface area contributed by atoms with E-state index in [-0.39, 0.29) is 0 Å². The third kappa shape index (κ3) is 2.19. The van der Waals surface area contributed by atoms with Gasteiger partial charge in [0.25, 0.3) is 0 Å². The van der Waals surface area contributed by atoms with Gasteiger partial charge in [0, 0.05) is 12.6 Å². The summed E-state index contributed by atoms with van der Waals surface area (Å²) in [5, 5.41) is 0. The van der Waals surface area contributed by atoms with Gasteiger partial charge in [0.1, 0.15) is 11.6 Å². The van der Waals surface area contributed by atoms with Crippen LogP contribution in [-0.4, -0.2) is 22.6 Å². The van der Waals surface area contributed by atoms with Gasteiger partial charge in [-0.25, -0.2) is 9.97 Å². The Balaban J connectivity index is 2.13. The lowest BCUT2D eigenvalue weighted by molar-refractivity contribution is 0.376. The van der Waals surface area contributed by atoms with Crippen molar-refractivity contribution in [2.24, 2.45) is 5.92 Å². The number of rotatable bonds is 1. The van der Waals surface area contributed by atoms with Crippen molar-refractivity contribution >= 4 is 11.6 Å². The summed E-state index contributed by atoms with van der Waals surface area (Å²) in [6.07, 6.45) is 5.85. The number of nitrogens with two attached hydrogens (primary N) is 1. The molecule has 4 nitrogen and oxygen atoms in total. The Morgan fingerprint density at radius 3 is 2.73 bits per heavy atom. The topological polar surface area (TPSA) is 55.0 Å². The van der Waals surface area contributed by atoms with Crippen molar-refractivity contribution in [1.82, 2.24) is 9.97 Å². The van der Waals surface area contributed by atoms with Crippen molar-refractivity contribution in [3.63, 3.8) is 0 Å². The van der Waals surface area contributed by atoms with E-state index in [1.54, 1.807) is 12.4 Å². The second kappa shape index (κ2) is 4.04. The fourth-order valence-corrected chi connectivity index (χ4v) is 2.23. The molecule has 1 fully saturated rings. The maximum absolute atomic E-state index is 5.52. The Hall–Kier alpha value is -1.32. The molecule has 1 aromatic rings. The molecule has 1 aliphatic rings. The van der Waals surface area contributed by atoms with Gasteiger partial charge in [0.05, 0.1) is 12.4 Å². The van der Waals surface area contributed by atoms with Crippen LogP contribution in [0.25, 0.3) is 0 Å². The first kappa shape index (κ1) is 10.2. The molecular weight excluding hydrogens is 188 g/mol. The van der Waals surface area contributed by atoms with Crippen LogP contribution in [0.2, 0.25) is 0 Å². The molecule has 0 aromatic carbocycles. The Morgan fingerprint density at radius 2 is 2.13 bits per heavy atom. The third-order valence-electron chi connectivity index (χ3n) is 3.09. The van der Waals surface area contributed by atoms with Crippen LogP contribution in [0.5, 0.6) is 0 Å². The molecule has 0 saturated carbocycles. The van der Waals surface area contributed by atoms with Crippen LogP contribution in [-0.2, 0) is 0 Å². The van der Waals surface area contributed by atoms with E-state index in [4.69, 9.17) is 5.73 Å². The Morgan fingerprint density at radius 1 is 1.33 bits per heavy atom. The predicted octanol–water partition coefficient (Wildman–Crippen LogP) is 1.68. The second-order valence-corrected chi connectivity index (χ2v) is 4.47. The van der Waals surface area contributed by atoms with Gasteiger partial charge in [-0.3, -0.25) is 0 Å². The first-order valence-corrected chi connectivity index (χ1v) is 5.51. The van der Waals surface area contributed by atoms with Gasteiger partial charge in [0.2, 0.25) is 0 Å². The van der Waals surface area contributed by atoms with E-state index in [2.05, 4.69) is 28.7 Å². The molecule has 2 heterocycles. The zero-order valence-electron chi connectivity index (χ0n) is 9.35. The average molecular weight is 206 g/mol. The second-order valence-electron chi connectivity index (χ2n) is 4.47. The van der Waals surface area contributed by atoms with Crippen LogP contribution < -0.4 is 10.6 Å². The molecular formula is C11H18N4. The van der Waals surface area contributed by atoms with Crippen LogP contribution in [0.15, 0.2) is 12.4 Å². The highest BCUT2D eigenvalue weighted by atomic mass is 15.2. The van der Waals surface area contributed by atoms with E-state index in [0.717, 1.165) is 18.3 Å². The molecule has 82 valence electrons. The van der Waals surface area contributed by atoms with E-state index in [1.165, 1.54) is 12.8 Å². The number of hydrogen-bond donors (Lipinski definition) is 1. The molecule has 0 amide bonds. The van der Waals surface area contributed by atoms with E-state index in [1.807, 2.05) is 0 Å². The summed E-state index contributed by atoms with van der Waals surface area (Å²) in [6, 6.07) is 0.548. The molecule has 1 saturated heterocycles. The third-order valence-corrected chi connectivity index (χ3v) is 3.09. The normalized spacial score (nSPS) is 26.7. The van der Waals surface area contributed by atoms with E-state index in [0.29, 0.717) is 11.9 Å². The largest absolute Gasteiger partial charge is 0.382 e. The molecule has 4 heteroatoms. The first-order chi connectivity index (χ1) is 7.16. The van der Waals surface area contributed by atoms with Crippen LogP contribution in [0.1, 0.15) is 26.7 Å². The van der Waals surface area contributed by atoms with E-state index < -0.39 is 0 Å². The fourth-order valence-electron chi connectivity index (χ4n) is 2.23. The minimum atomic E-state index is 0.483. The van der Waals surface area contributed by atoms with Crippen LogP contribution in [0.4, 0.5) is 11.6 Å². The number of hydrogen-bond acceptors (Lipinski definition) is 4. The predicted molar refractivity (Wildman–Crippen MR) is 61.7 cm³/mol. The fraction of sp³-hybridized carbons (Fsp3) is 0.636. The maximum Gasteiger partial charge on any atom is 0.147 e. The number of nitrogens with zero attached hydrogens (tertiary/aromatic N) is 3. The number of aromatic nitrogens is 2. The zero-order valence-corrected chi connectivity index (χ0v) is 9.35. The Labute approximate surface area is 90.5 Å². The summed E-state index contributed by atoms with van der Waals surface area (Å²) >= 11 is 0. The van der Waals surface area contributed by atoms with E-state index in [9.17, 15) is 0 Å². The first-order valence-electron chi connectivity index (χ1n) is 5.51. The van der Waals surface area contributed by atoms with Crippen LogP contribution in [0.3, 0.4) is 0 Å². The van der Waals surface area contributed by atoms with Crippen LogP contribution in [0, 0.1) is 5.92 Å². The smallest absolute Gasteiger partial charge is 0.147 e. The minimum Gasteiger partial charge on any atom is -0.382 e. The van der Waals surface area contributed by atoms with Gasteiger partial charge < -0.3 is 10.6 Å². The molecule has 2 rings (SSSR count). The molecule has 0 bridgehead atoms. The standard InChI is InChI=1S/C11H18N4/c1-8-3-4-15(9(2)5-8)11-7-13-10(12)6-14-11/h6-9H,3-5H2,1-2H3,(H2,12,13). The summed E-state index contributed by atoms with van der Waals surface area (Å²) in [4.78, 5) is 10.7. The van der Waals surface area contributed by atoms with E-state index >= 15 is 0 Å². The summed E-state index contributed by atoms with van der Waals surface area (Å²) in [5.41, 5.74) is 5.52. The lowest BCUT2D eigenvalue weighted by Gasteiger charge is -2.37. The molecule has 2 unspecified atom stereocenters. The molecule has 1 aromatic heterocycles. The van der Waals surface area contributed by atoms with Crippen LogP contribution >= 0.6 is 0 Å². The lowest BCUT2D eigenvalue weighted by Crippen LogP contribution is -2.40. The summed E-state index contributed by atoms with van der Waals surface area (Å²) < 4.78 is 0. The van der Waals surface area contributed by atoms with Gasteiger partial charge in [-0.1, -0.05) is 6.92 Å². The van der Waals surface area contributed by atoms with Gasteiger partial charge in [-0.2, -0.15) is 0 Å². The monoisotopic (exact) mass is 206 g/mol. The average Bonchev–Trinajstić information content (AvgIpc) is 2.20. The highest BCUT2D eigenvalue weighted by Gasteiger charge is 2.23. The lowest BCUT2D eigenvalue weighted by atomic mass is 9.93. The van der Waals surface area contributed by atoms with Gasteiger partial charge in [-0.15, -0.1) is 0 Å². The number of nitrogen functional groups attached to an aromatic ring is 1. The molecule has 1 aliphatic heterocycles. The Kier molecular flexibility index (Phi) is 2.75. The van der Waals surface area contributed by atoms with Crippen molar-refractivity contribution in [3.05, 3.63) is 12.4 Å². The molecule has 2 N–H and O–H groups in total. The van der Waals surface area contributed by atoms with Gasteiger partial charge in [0.15, 0.2) is 0 Å². The molecule has 0 radical (unpaired) electrons. The highest BCUT2D eigenvalue weighted by molar-refractivity contribution is 5.40. The minimum absolute atomic E-state index is 0.483. The Bertz CT molecular complexity index is 322. The number of piperidine rings is 1. The van der Waals surface area contributed by atoms with Crippen molar-refractivity contribution in [2.45, 2.75) is 32.7 Å². The quantitative estimate of drug-likeness (QED) is 0.759. The summed E-state index contributed by atoms with van der Waals surface area (Å²) in [7, 11) is 0. The highest BCUT2D eigenvalue weighted by Crippen LogP contribution is 2.25. The van der Waals surface area contributed by atoms with Gasteiger partial charge >= 0.3 is 0 Å². The molecule has 0 aliphatic carbocycles. The summed E-state index contributed by atoms with van der Waals surface area (Å²) in [6.45, 7) is 5.62. The molecule has 2 atom stereocenters. The number of anilines is 2. The maximum atomic E-state index is 5.52. The van der Waals surface area contributed by atoms with Crippen molar-refractivity contribution in [2.75, 3.05) is 17.2 Å². The molecule has 0 spiro atoms.